The van der Waals surface area contributed by atoms with Crippen LogP contribution in [0.4, 0.5) is 11.6 Å². The van der Waals surface area contributed by atoms with Crippen molar-refractivity contribution in [1.82, 2.24) is 9.97 Å². The molecule has 19 heavy (non-hydrogen) atoms. The molecule has 1 saturated carbocycles. The highest BCUT2D eigenvalue weighted by molar-refractivity contribution is 5.48. The lowest BCUT2D eigenvalue weighted by Gasteiger charge is -2.18. The van der Waals surface area contributed by atoms with Crippen molar-refractivity contribution in [3.05, 3.63) is 11.9 Å². The van der Waals surface area contributed by atoms with Gasteiger partial charge >= 0.3 is 0 Å². The average molecular weight is 263 g/mol. The number of nitrogens with two attached hydrogens (primary N) is 1. The number of nitrogens with one attached hydrogen (secondary N) is 2. The normalized spacial score (nSPS) is 17.9. The molecule has 0 radical (unpaired) electrons. The van der Waals surface area contributed by atoms with Gasteiger partial charge in [-0.1, -0.05) is 20.3 Å². The monoisotopic (exact) mass is 263 g/mol. The summed E-state index contributed by atoms with van der Waals surface area (Å²) in [5, 5.41) is 3.46. The summed E-state index contributed by atoms with van der Waals surface area (Å²) in [6, 6.07) is 2.28. The van der Waals surface area contributed by atoms with Crippen LogP contribution in [0.5, 0.6) is 0 Å². The third-order valence-corrected chi connectivity index (χ3v) is 3.68. The summed E-state index contributed by atoms with van der Waals surface area (Å²) in [6.07, 6.45) is 4.73. The van der Waals surface area contributed by atoms with Gasteiger partial charge in [0.25, 0.3) is 0 Å². The minimum Gasteiger partial charge on any atom is -0.367 e. The number of rotatable bonds is 7. The van der Waals surface area contributed by atoms with Gasteiger partial charge in [0.1, 0.15) is 17.5 Å². The van der Waals surface area contributed by atoms with Gasteiger partial charge in [0, 0.05) is 18.0 Å². The van der Waals surface area contributed by atoms with Gasteiger partial charge in [-0.05, 0) is 32.1 Å². The molecule has 0 saturated heterocycles. The van der Waals surface area contributed by atoms with Crippen LogP contribution in [0.2, 0.25) is 0 Å². The molecule has 4 N–H and O–H groups in total. The maximum absolute atomic E-state index is 5.47. The van der Waals surface area contributed by atoms with Crippen molar-refractivity contribution in [3.8, 4) is 0 Å². The van der Waals surface area contributed by atoms with Gasteiger partial charge in [0.05, 0.1) is 0 Å². The zero-order valence-electron chi connectivity index (χ0n) is 12.1. The number of nitrogens with zero attached hydrogens (tertiary/aromatic N) is 2. The second-order valence-electron chi connectivity index (χ2n) is 5.71. The Labute approximate surface area is 115 Å². The zero-order valence-corrected chi connectivity index (χ0v) is 12.1. The smallest absolute Gasteiger partial charge is 0.145 e. The average Bonchev–Trinajstić information content (AvgIpc) is 3.22. The van der Waals surface area contributed by atoms with E-state index in [0.717, 1.165) is 24.0 Å². The predicted molar refractivity (Wildman–Crippen MR) is 79.0 cm³/mol. The Hall–Kier alpha value is -1.36. The quantitative estimate of drug-likeness (QED) is 0.521. The van der Waals surface area contributed by atoms with Crippen molar-refractivity contribution in [2.24, 2.45) is 11.8 Å². The molecule has 0 aromatic carbocycles. The minimum absolute atomic E-state index is 0.405. The van der Waals surface area contributed by atoms with Crippen molar-refractivity contribution in [3.63, 3.8) is 0 Å². The lowest BCUT2D eigenvalue weighted by molar-refractivity contribution is 0.483. The van der Waals surface area contributed by atoms with Crippen LogP contribution in [-0.4, -0.2) is 16.0 Å². The van der Waals surface area contributed by atoms with E-state index in [1.54, 1.807) is 0 Å². The van der Waals surface area contributed by atoms with E-state index in [1.807, 2.05) is 6.07 Å². The number of nitrogen functional groups attached to an aromatic ring is 1. The third kappa shape index (κ3) is 4.06. The topological polar surface area (TPSA) is 75.9 Å². The van der Waals surface area contributed by atoms with Gasteiger partial charge in [0.15, 0.2) is 0 Å². The molecule has 0 bridgehead atoms. The fraction of sp³-hybridized carbons (Fsp3) is 0.714. The molecule has 2 unspecified atom stereocenters. The van der Waals surface area contributed by atoms with Gasteiger partial charge in [-0.3, -0.25) is 0 Å². The Morgan fingerprint density at radius 1 is 1.32 bits per heavy atom. The molecule has 106 valence electrons. The Bertz CT molecular complexity index is 416. The number of anilines is 2. The number of hydrogen-bond acceptors (Lipinski definition) is 5. The molecule has 1 aromatic rings. The van der Waals surface area contributed by atoms with Crippen LogP contribution in [0, 0.1) is 5.92 Å². The van der Waals surface area contributed by atoms with Crippen LogP contribution in [0.1, 0.15) is 58.2 Å². The molecule has 5 heteroatoms. The standard InChI is InChI=1S/C14H25N5/c1-4-9(2)7-10(3)16-12-8-13(19-15)18-14(17-12)11-5-6-11/h8-11H,4-7,15H2,1-3H3,(H2,16,17,18,19). The number of hydrazine groups is 1. The highest BCUT2D eigenvalue weighted by Crippen LogP contribution is 2.38. The van der Waals surface area contributed by atoms with Crippen molar-refractivity contribution in [1.29, 1.82) is 0 Å². The molecule has 0 amide bonds. The van der Waals surface area contributed by atoms with E-state index >= 15 is 0 Å². The summed E-state index contributed by atoms with van der Waals surface area (Å²) < 4.78 is 0. The summed E-state index contributed by atoms with van der Waals surface area (Å²) >= 11 is 0. The van der Waals surface area contributed by atoms with E-state index in [4.69, 9.17) is 5.84 Å². The third-order valence-electron chi connectivity index (χ3n) is 3.68. The van der Waals surface area contributed by atoms with Gasteiger partial charge in [-0.2, -0.15) is 0 Å². The van der Waals surface area contributed by atoms with Crippen molar-refractivity contribution >= 4 is 11.6 Å². The molecule has 5 nitrogen and oxygen atoms in total. The predicted octanol–water partition coefficient (Wildman–Crippen LogP) is 2.88. The highest BCUT2D eigenvalue weighted by atomic mass is 15.3. The summed E-state index contributed by atoms with van der Waals surface area (Å²) in [5.41, 5.74) is 2.62. The second kappa shape index (κ2) is 6.19. The van der Waals surface area contributed by atoms with E-state index < -0.39 is 0 Å². The molecule has 1 aliphatic rings. The minimum atomic E-state index is 0.405. The molecule has 1 fully saturated rings. The second-order valence-corrected chi connectivity index (χ2v) is 5.71. The van der Waals surface area contributed by atoms with E-state index in [0.29, 0.717) is 17.8 Å². The molecule has 1 aliphatic carbocycles. The number of aromatic nitrogens is 2. The van der Waals surface area contributed by atoms with Crippen molar-refractivity contribution in [2.45, 2.75) is 58.4 Å². The molecule has 1 heterocycles. The Kier molecular flexibility index (Phi) is 4.58. The van der Waals surface area contributed by atoms with Gasteiger partial charge in [0.2, 0.25) is 0 Å². The van der Waals surface area contributed by atoms with Crippen LogP contribution in [-0.2, 0) is 0 Å². The van der Waals surface area contributed by atoms with Gasteiger partial charge in [-0.15, -0.1) is 0 Å². The molecule has 1 aromatic heterocycles. The van der Waals surface area contributed by atoms with Gasteiger partial charge in [-0.25, -0.2) is 15.8 Å². The number of hydrogen-bond donors (Lipinski definition) is 3. The lowest BCUT2D eigenvalue weighted by Crippen LogP contribution is -2.20. The maximum atomic E-state index is 5.47. The highest BCUT2D eigenvalue weighted by Gasteiger charge is 2.27. The molecular formula is C14H25N5. The summed E-state index contributed by atoms with van der Waals surface area (Å²) in [6.45, 7) is 6.70. The molecular weight excluding hydrogens is 238 g/mol. The first-order valence-electron chi connectivity index (χ1n) is 7.24. The largest absolute Gasteiger partial charge is 0.367 e. The van der Waals surface area contributed by atoms with Crippen molar-refractivity contribution in [2.75, 3.05) is 10.7 Å². The SMILES string of the molecule is CCC(C)CC(C)Nc1cc(NN)nc(C2CC2)n1. The first kappa shape index (κ1) is 14.1. The zero-order chi connectivity index (χ0) is 13.8. The van der Waals surface area contributed by atoms with E-state index in [-0.39, 0.29) is 0 Å². The van der Waals surface area contributed by atoms with E-state index in [2.05, 4.69) is 41.5 Å². The van der Waals surface area contributed by atoms with Gasteiger partial charge < -0.3 is 10.7 Å². The van der Waals surface area contributed by atoms with Crippen molar-refractivity contribution < 1.29 is 0 Å². The van der Waals surface area contributed by atoms with E-state index in [1.165, 1.54) is 19.3 Å². The first-order valence-corrected chi connectivity index (χ1v) is 7.24. The lowest BCUT2D eigenvalue weighted by atomic mass is 10.0. The molecule has 0 spiro atoms. The summed E-state index contributed by atoms with van der Waals surface area (Å²) in [5.74, 6) is 9.20. The Morgan fingerprint density at radius 3 is 2.58 bits per heavy atom. The van der Waals surface area contributed by atoms with Crippen LogP contribution in [0.15, 0.2) is 6.07 Å². The maximum Gasteiger partial charge on any atom is 0.145 e. The fourth-order valence-corrected chi connectivity index (χ4v) is 2.22. The Balaban J connectivity index is 2.04. The summed E-state index contributed by atoms with van der Waals surface area (Å²) in [4.78, 5) is 9.01. The van der Waals surface area contributed by atoms with Crippen LogP contribution in [0.25, 0.3) is 0 Å². The summed E-state index contributed by atoms with van der Waals surface area (Å²) in [7, 11) is 0. The Morgan fingerprint density at radius 2 is 2.00 bits per heavy atom. The molecule has 2 rings (SSSR count). The molecule has 0 aliphatic heterocycles. The van der Waals surface area contributed by atoms with Crippen LogP contribution < -0.4 is 16.6 Å². The molecule has 2 atom stereocenters. The van der Waals surface area contributed by atoms with Crippen LogP contribution in [0.3, 0.4) is 0 Å². The first-order chi connectivity index (χ1) is 9.12. The van der Waals surface area contributed by atoms with E-state index in [9.17, 15) is 0 Å². The fourth-order valence-electron chi connectivity index (χ4n) is 2.22. The van der Waals surface area contributed by atoms with Crippen LogP contribution >= 0.6 is 0 Å².